The van der Waals surface area contributed by atoms with Gasteiger partial charge in [0, 0.05) is 18.7 Å². The molecule has 170 valence electrons. The molecule has 1 fully saturated rings. The Labute approximate surface area is 185 Å². The lowest BCUT2D eigenvalue weighted by molar-refractivity contribution is -0.253. The Hall–Kier alpha value is -3.05. The zero-order chi connectivity index (χ0) is 23.6. The number of halogens is 5. The summed E-state index contributed by atoms with van der Waals surface area (Å²) in [5, 5.41) is 2.21. The van der Waals surface area contributed by atoms with Gasteiger partial charge in [0.2, 0.25) is 11.9 Å². The number of morpholine rings is 1. The van der Waals surface area contributed by atoms with Crippen LogP contribution in [0.25, 0.3) is 11.3 Å². The summed E-state index contributed by atoms with van der Waals surface area (Å²) >= 11 is 6.07. The fraction of sp³-hybridized carbons (Fsp3) is 0.300. The van der Waals surface area contributed by atoms with E-state index in [1.165, 1.54) is 25.2 Å². The Morgan fingerprint density at radius 2 is 1.97 bits per heavy atom. The normalized spacial score (nSPS) is 18.9. The molecule has 7 nitrogen and oxygen atoms in total. The van der Waals surface area contributed by atoms with Crippen LogP contribution in [-0.4, -0.2) is 59.1 Å². The molecule has 2 aromatic heterocycles. The van der Waals surface area contributed by atoms with E-state index in [1.807, 2.05) is 0 Å². The van der Waals surface area contributed by atoms with Crippen LogP contribution in [0.2, 0.25) is 5.15 Å². The molecule has 32 heavy (non-hydrogen) atoms. The van der Waals surface area contributed by atoms with Crippen LogP contribution >= 0.6 is 11.6 Å². The second kappa shape index (κ2) is 9.21. The number of aromatic nitrogens is 2. The molecule has 3 heterocycles. The van der Waals surface area contributed by atoms with Crippen molar-refractivity contribution in [3.05, 3.63) is 59.3 Å². The van der Waals surface area contributed by atoms with Crippen LogP contribution in [0.4, 0.5) is 17.6 Å². The fourth-order valence-electron chi connectivity index (χ4n) is 3.17. The minimum atomic E-state index is -4.71. The van der Waals surface area contributed by atoms with Gasteiger partial charge < -0.3 is 15.0 Å². The number of nitrogens with one attached hydrogen (secondary N) is 1. The van der Waals surface area contributed by atoms with E-state index in [0.29, 0.717) is 0 Å². The van der Waals surface area contributed by atoms with Crippen molar-refractivity contribution in [2.24, 2.45) is 0 Å². The van der Waals surface area contributed by atoms with Gasteiger partial charge in [0.05, 0.1) is 18.8 Å². The van der Waals surface area contributed by atoms with E-state index in [9.17, 15) is 27.2 Å². The third-order valence-corrected chi connectivity index (χ3v) is 4.88. The van der Waals surface area contributed by atoms with Crippen molar-refractivity contribution in [2.75, 3.05) is 20.1 Å². The quantitative estimate of drug-likeness (QED) is 0.419. The second-order valence-electron chi connectivity index (χ2n) is 6.85. The van der Waals surface area contributed by atoms with E-state index < -0.39 is 42.7 Å². The molecule has 0 unspecified atom stereocenters. The molecular weight excluding hydrogens is 456 g/mol. The fourth-order valence-corrected chi connectivity index (χ4v) is 3.39. The number of carbonyl (C=O) groups excluding carboxylic acids is 2. The molecule has 0 radical (unpaired) electrons. The molecule has 3 rings (SSSR count). The molecule has 0 spiro atoms. The molecule has 0 aromatic carbocycles. The Kier molecular flexibility index (Phi) is 6.79. The number of carbonyl (C=O) groups is 2. The molecule has 0 saturated carbocycles. The number of pyridine rings is 2. The topological polar surface area (TPSA) is 84.4 Å². The Morgan fingerprint density at radius 1 is 1.25 bits per heavy atom. The van der Waals surface area contributed by atoms with Crippen molar-refractivity contribution in [1.29, 1.82) is 0 Å². The number of ether oxygens (including phenoxy) is 1. The zero-order valence-corrected chi connectivity index (χ0v) is 17.4. The van der Waals surface area contributed by atoms with Crippen LogP contribution in [-0.2, 0) is 9.53 Å². The first-order valence-electron chi connectivity index (χ1n) is 9.23. The molecule has 0 aliphatic carbocycles. The average Bonchev–Trinajstić information content (AvgIpc) is 2.76. The Balaban J connectivity index is 2.02. The lowest BCUT2D eigenvalue weighted by atomic mass is 10.0. The Bertz CT molecular complexity index is 1060. The number of amides is 2. The summed E-state index contributed by atoms with van der Waals surface area (Å²) in [6.45, 7) is 2.44. The zero-order valence-electron chi connectivity index (χ0n) is 16.6. The average molecular weight is 473 g/mol. The lowest BCUT2D eigenvalue weighted by Gasteiger charge is -2.38. The van der Waals surface area contributed by atoms with Gasteiger partial charge in [-0.15, -0.1) is 0 Å². The second-order valence-corrected chi connectivity index (χ2v) is 7.24. The van der Waals surface area contributed by atoms with Gasteiger partial charge in [-0.25, -0.2) is 9.97 Å². The summed E-state index contributed by atoms with van der Waals surface area (Å²) in [4.78, 5) is 32.4. The molecule has 1 saturated heterocycles. The summed E-state index contributed by atoms with van der Waals surface area (Å²) in [5.41, 5.74) is 0.175. The van der Waals surface area contributed by atoms with Crippen LogP contribution in [0, 0.1) is 5.95 Å². The number of hydrogen-bond donors (Lipinski definition) is 1. The molecule has 1 N–H and O–H groups in total. The first-order valence-corrected chi connectivity index (χ1v) is 9.60. The smallest absolute Gasteiger partial charge is 0.357 e. The Morgan fingerprint density at radius 3 is 2.59 bits per heavy atom. The van der Waals surface area contributed by atoms with E-state index >= 15 is 0 Å². The third kappa shape index (κ3) is 5.22. The maximum absolute atomic E-state index is 14.0. The number of alkyl halides is 3. The number of nitrogens with zero attached hydrogens (tertiary/aromatic N) is 3. The van der Waals surface area contributed by atoms with Crippen LogP contribution in [0.3, 0.4) is 0 Å². The number of rotatable bonds is 4. The van der Waals surface area contributed by atoms with Gasteiger partial charge in [0.15, 0.2) is 6.10 Å². The van der Waals surface area contributed by atoms with Gasteiger partial charge in [0.1, 0.15) is 17.0 Å². The van der Waals surface area contributed by atoms with Gasteiger partial charge in [0.25, 0.3) is 5.91 Å². The molecule has 0 bridgehead atoms. The van der Waals surface area contributed by atoms with Crippen LogP contribution < -0.4 is 5.32 Å². The first-order chi connectivity index (χ1) is 15.0. The van der Waals surface area contributed by atoms with Gasteiger partial charge in [-0.05, 0) is 29.8 Å². The molecular formula is C20H17ClF4N4O3. The predicted molar refractivity (Wildman–Crippen MR) is 106 cm³/mol. The highest BCUT2D eigenvalue weighted by Gasteiger charge is 2.47. The number of hydrogen-bond acceptors (Lipinski definition) is 5. The van der Waals surface area contributed by atoms with Crippen molar-refractivity contribution in [1.82, 2.24) is 20.2 Å². The predicted octanol–water partition coefficient (Wildman–Crippen LogP) is 3.31. The SMILES string of the molecule is C=CC(=O)N1C[C@@H](c2cc(Cl)nc(-c3cc(F)nc(C(=O)NC)c3)c2)O[C@H](C(F)(F)F)C1. The van der Waals surface area contributed by atoms with E-state index in [4.69, 9.17) is 16.3 Å². The van der Waals surface area contributed by atoms with Crippen molar-refractivity contribution in [3.8, 4) is 11.3 Å². The van der Waals surface area contributed by atoms with Crippen molar-refractivity contribution in [2.45, 2.75) is 18.4 Å². The van der Waals surface area contributed by atoms with Crippen LogP contribution in [0.5, 0.6) is 0 Å². The molecule has 12 heteroatoms. The third-order valence-electron chi connectivity index (χ3n) is 4.69. The highest BCUT2D eigenvalue weighted by molar-refractivity contribution is 6.29. The molecule has 2 aromatic rings. The van der Waals surface area contributed by atoms with Gasteiger partial charge in [-0.2, -0.15) is 17.6 Å². The standard InChI is InChI=1S/C20H17ClF4N4O3/c1-3-18(30)29-8-14(32-15(9-29)20(23,24)25)11-5-12(27-16(21)6-11)10-4-13(19(31)26-2)28-17(22)7-10/h3-7,14-15H,1,8-9H2,2H3,(H,26,31)/t14-,15-/m0/s1. The summed E-state index contributed by atoms with van der Waals surface area (Å²) in [7, 11) is 1.35. The van der Waals surface area contributed by atoms with Crippen molar-refractivity contribution in [3.63, 3.8) is 0 Å². The van der Waals surface area contributed by atoms with Gasteiger partial charge in [-0.1, -0.05) is 18.2 Å². The van der Waals surface area contributed by atoms with E-state index in [0.717, 1.165) is 17.0 Å². The van der Waals surface area contributed by atoms with Crippen molar-refractivity contribution >= 4 is 23.4 Å². The first kappa shape index (κ1) is 23.6. The molecule has 1 aliphatic heterocycles. The van der Waals surface area contributed by atoms with Crippen LogP contribution in [0.15, 0.2) is 36.9 Å². The van der Waals surface area contributed by atoms with E-state index in [-0.39, 0.29) is 34.2 Å². The van der Waals surface area contributed by atoms with Crippen LogP contribution in [0.1, 0.15) is 22.2 Å². The highest BCUT2D eigenvalue weighted by Crippen LogP contribution is 2.35. The summed E-state index contributed by atoms with van der Waals surface area (Å²) < 4.78 is 59.3. The van der Waals surface area contributed by atoms with Crippen molar-refractivity contribution < 1.29 is 31.9 Å². The maximum atomic E-state index is 14.0. The summed E-state index contributed by atoms with van der Waals surface area (Å²) in [6, 6.07) is 4.91. The summed E-state index contributed by atoms with van der Waals surface area (Å²) in [6.07, 6.45) is -7.21. The minimum absolute atomic E-state index is 0.0817. The van der Waals surface area contributed by atoms with Gasteiger partial charge >= 0.3 is 6.18 Å². The maximum Gasteiger partial charge on any atom is 0.416 e. The van der Waals surface area contributed by atoms with E-state index in [1.54, 1.807) is 0 Å². The van der Waals surface area contributed by atoms with Gasteiger partial charge in [-0.3, -0.25) is 9.59 Å². The monoisotopic (exact) mass is 472 g/mol. The highest BCUT2D eigenvalue weighted by atomic mass is 35.5. The lowest BCUT2D eigenvalue weighted by Crippen LogP contribution is -2.51. The minimum Gasteiger partial charge on any atom is -0.357 e. The summed E-state index contributed by atoms with van der Waals surface area (Å²) in [5.74, 6) is -2.28. The molecule has 1 aliphatic rings. The largest absolute Gasteiger partial charge is 0.416 e. The molecule has 2 amide bonds. The molecule has 2 atom stereocenters. The van der Waals surface area contributed by atoms with E-state index in [2.05, 4.69) is 21.9 Å².